The molecule has 2 aromatic rings. The number of halogens is 3. The molecular weight excluding hydrogens is 463 g/mol. The number of amides is 2. The number of alkyl halides is 3. The molecule has 0 radical (unpaired) electrons. The van der Waals surface area contributed by atoms with Gasteiger partial charge in [0.05, 0.1) is 23.9 Å². The SMILES string of the molecule is COC1CCN(c2ncc3c(n2)CN(Cc2ccc4c(c2)CCN(C(=O)C(F)(F)F)CC4)C3=O)C1. The highest BCUT2D eigenvalue weighted by molar-refractivity contribution is 5.97. The Bertz CT molecular complexity index is 1160. The maximum absolute atomic E-state index is 12.9. The summed E-state index contributed by atoms with van der Waals surface area (Å²) < 4.78 is 43.9. The van der Waals surface area contributed by atoms with Crippen LogP contribution in [0.25, 0.3) is 0 Å². The zero-order valence-corrected chi connectivity index (χ0v) is 19.3. The van der Waals surface area contributed by atoms with E-state index < -0.39 is 12.1 Å². The predicted octanol–water partition coefficient (Wildman–Crippen LogP) is 2.35. The summed E-state index contributed by atoms with van der Waals surface area (Å²) >= 11 is 0. The van der Waals surface area contributed by atoms with Gasteiger partial charge in [0.1, 0.15) is 0 Å². The topological polar surface area (TPSA) is 78.9 Å². The van der Waals surface area contributed by atoms with Gasteiger partial charge in [-0.25, -0.2) is 9.97 Å². The maximum Gasteiger partial charge on any atom is 0.471 e. The summed E-state index contributed by atoms with van der Waals surface area (Å²) in [7, 11) is 1.69. The van der Waals surface area contributed by atoms with Crippen molar-refractivity contribution in [1.82, 2.24) is 19.8 Å². The molecule has 0 bridgehead atoms. The van der Waals surface area contributed by atoms with Gasteiger partial charge in [-0.2, -0.15) is 13.2 Å². The lowest BCUT2D eigenvalue weighted by atomic mass is 10.00. The van der Waals surface area contributed by atoms with E-state index in [9.17, 15) is 22.8 Å². The van der Waals surface area contributed by atoms with Crippen LogP contribution in [0.15, 0.2) is 24.4 Å². The third-order valence-electron chi connectivity index (χ3n) is 6.95. The quantitative estimate of drug-likeness (QED) is 0.656. The number of benzene rings is 1. The Kier molecular flexibility index (Phi) is 6.12. The van der Waals surface area contributed by atoms with Gasteiger partial charge >= 0.3 is 12.1 Å². The second-order valence-electron chi connectivity index (χ2n) is 9.18. The van der Waals surface area contributed by atoms with Crippen LogP contribution in [-0.2, 0) is 35.5 Å². The number of methoxy groups -OCH3 is 1. The molecule has 1 fully saturated rings. The second-order valence-corrected chi connectivity index (χ2v) is 9.18. The van der Waals surface area contributed by atoms with Crippen LogP contribution in [0.4, 0.5) is 19.1 Å². The first-order valence-electron chi connectivity index (χ1n) is 11.6. The van der Waals surface area contributed by atoms with E-state index in [1.165, 1.54) is 0 Å². The van der Waals surface area contributed by atoms with E-state index >= 15 is 0 Å². The fourth-order valence-corrected chi connectivity index (χ4v) is 4.99. The first-order valence-corrected chi connectivity index (χ1v) is 11.6. The minimum absolute atomic E-state index is 0.0156. The highest BCUT2D eigenvalue weighted by Gasteiger charge is 2.42. The first-order chi connectivity index (χ1) is 16.7. The third-order valence-corrected chi connectivity index (χ3v) is 6.95. The number of ether oxygens (including phenoxy) is 1. The van der Waals surface area contributed by atoms with Crippen LogP contribution in [0.5, 0.6) is 0 Å². The second kappa shape index (κ2) is 9.10. The molecule has 1 unspecified atom stereocenters. The molecule has 186 valence electrons. The number of carbonyl (C=O) groups is 2. The number of carbonyl (C=O) groups excluding carboxylic acids is 2. The van der Waals surface area contributed by atoms with E-state index in [1.807, 2.05) is 18.2 Å². The zero-order valence-electron chi connectivity index (χ0n) is 19.3. The van der Waals surface area contributed by atoms with Gasteiger partial charge in [0, 0.05) is 46.0 Å². The van der Waals surface area contributed by atoms with E-state index in [0.29, 0.717) is 49.7 Å². The van der Waals surface area contributed by atoms with Crippen molar-refractivity contribution in [3.8, 4) is 0 Å². The van der Waals surface area contributed by atoms with Gasteiger partial charge in [0.2, 0.25) is 5.95 Å². The molecule has 0 aliphatic carbocycles. The van der Waals surface area contributed by atoms with Crippen molar-refractivity contribution in [3.63, 3.8) is 0 Å². The van der Waals surface area contributed by atoms with Gasteiger partial charge in [-0.15, -0.1) is 0 Å². The number of hydrogen-bond acceptors (Lipinski definition) is 6. The smallest absolute Gasteiger partial charge is 0.380 e. The molecule has 8 nitrogen and oxygen atoms in total. The standard InChI is InChI=1S/C24H26F3N5O3/c1-35-18-6-9-31(13-18)23-28-11-19-20(29-23)14-32(21(19)33)12-15-2-3-16-4-7-30(8-5-17(16)10-15)22(34)24(25,26)27/h2-3,10-11,18H,4-9,12-14H2,1H3. The third kappa shape index (κ3) is 4.69. The zero-order chi connectivity index (χ0) is 24.7. The van der Waals surface area contributed by atoms with E-state index in [1.54, 1.807) is 18.2 Å². The number of rotatable bonds is 4. The van der Waals surface area contributed by atoms with Crippen molar-refractivity contribution < 1.29 is 27.5 Å². The molecule has 5 rings (SSSR count). The van der Waals surface area contributed by atoms with Gasteiger partial charge in [-0.05, 0) is 36.0 Å². The van der Waals surface area contributed by atoms with Gasteiger partial charge in [0.25, 0.3) is 5.91 Å². The molecule has 0 N–H and O–H groups in total. The minimum Gasteiger partial charge on any atom is -0.380 e. The number of anilines is 1. The largest absolute Gasteiger partial charge is 0.471 e. The fourth-order valence-electron chi connectivity index (χ4n) is 4.99. The summed E-state index contributed by atoms with van der Waals surface area (Å²) in [5.74, 6) is -1.33. The van der Waals surface area contributed by atoms with Crippen LogP contribution < -0.4 is 4.90 Å². The van der Waals surface area contributed by atoms with Crippen LogP contribution in [0, 0.1) is 0 Å². The Hall–Kier alpha value is -3.21. The molecular formula is C24H26F3N5O3. The van der Waals surface area contributed by atoms with Crippen LogP contribution >= 0.6 is 0 Å². The Morgan fingerprint density at radius 3 is 2.66 bits per heavy atom. The molecule has 11 heteroatoms. The predicted molar refractivity (Wildman–Crippen MR) is 120 cm³/mol. The Morgan fingerprint density at radius 2 is 1.94 bits per heavy atom. The maximum atomic E-state index is 12.9. The lowest BCUT2D eigenvalue weighted by Crippen LogP contribution is -2.42. The Balaban J connectivity index is 1.26. The van der Waals surface area contributed by atoms with Crippen molar-refractivity contribution in [2.75, 3.05) is 38.2 Å². The van der Waals surface area contributed by atoms with Gasteiger partial charge in [0.15, 0.2) is 0 Å². The van der Waals surface area contributed by atoms with E-state index in [-0.39, 0.29) is 25.1 Å². The lowest BCUT2D eigenvalue weighted by Gasteiger charge is -2.21. The van der Waals surface area contributed by atoms with Crippen molar-refractivity contribution in [2.24, 2.45) is 0 Å². The average Bonchev–Trinajstić information content (AvgIpc) is 3.36. The van der Waals surface area contributed by atoms with E-state index in [2.05, 4.69) is 14.9 Å². The van der Waals surface area contributed by atoms with Crippen molar-refractivity contribution >= 4 is 17.8 Å². The van der Waals surface area contributed by atoms with Gasteiger partial charge < -0.3 is 19.4 Å². The molecule has 1 atom stereocenters. The highest BCUT2D eigenvalue weighted by Crippen LogP contribution is 2.27. The summed E-state index contributed by atoms with van der Waals surface area (Å²) in [6.07, 6.45) is -1.52. The van der Waals surface area contributed by atoms with E-state index in [4.69, 9.17) is 4.74 Å². The molecule has 35 heavy (non-hydrogen) atoms. The molecule has 1 aromatic heterocycles. The highest BCUT2D eigenvalue weighted by atomic mass is 19.4. The fraction of sp³-hybridized carbons (Fsp3) is 0.500. The van der Waals surface area contributed by atoms with Crippen molar-refractivity contribution in [2.45, 2.75) is 44.6 Å². The molecule has 2 amide bonds. The molecule has 0 spiro atoms. The number of hydrogen-bond donors (Lipinski definition) is 0. The normalized spacial score (nSPS) is 20.2. The molecule has 4 heterocycles. The molecule has 3 aliphatic rings. The average molecular weight is 489 g/mol. The number of nitrogens with zero attached hydrogens (tertiary/aromatic N) is 5. The van der Waals surface area contributed by atoms with Gasteiger partial charge in [-0.3, -0.25) is 9.59 Å². The monoisotopic (exact) mass is 489 g/mol. The van der Waals surface area contributed by atoms with Crippen molar-refractivity contribution in [3.05, 3.63) is 52.3 Å². The molecule has 1 aromatic carbocycles. The van der Waals surface area contributed by atoms with Crippen LogP contribution in [0.2, 0.25) is 0 Å². The summed E-state index contributed by atoms with van der Waals surface area (Å²) in [5, 5.41) is 0. The molecule has 3 aliphatic heterocycles. The lowest BCUT2D eigenvalue weighted by molar-refractivity contribution is -0.185. The Labute approximate surface area is 200 Å². The summed E-state index contributed by atoms with van der Waals surface area (Å²) in [5.41, 5.74) is 3.91. The van der Waals surface area contributed by atoms with Crippen LogP contribution in [0.1, 0.15) is 39.2 Å². The van der Waals surface area contributed by atoms with Crippen LogP contribution in [-0.4, -0.2) is 77.2 Å². The van der Waals surface area contributed by atoms with Gasteiger partial charge in [-0.1, -0.05) is 18.2 Å². The molecule has 0 saturated carbocycles. The Morgan fingerprint density at radius 1 is 1.17 bits per heavy atom. The first kappa shape index (κ1) is 23.5. The summed E-state index contributed by atoms with van der Waals surface area (Å²) in [4.78, 5) is 38.3. The minimum atomic E-state index is -4.87. The van der Waals surface area contributed by atoms with Crippen LogP contribution in [0.3, 0.4) is 0 Å². The van der Waals surface area contributed by atoms with Crippen molar-refractivity contribution in [1.29, 1.82) is 0 Å². The van der Waals surface area contributed by atoms with E-state index in [0.717, 1.165) is 34.6 Å². The number of aromatic nitrogens is 2. The molecule has 1 saturated heterocycles. The number of fused-ring (bicyclic) bond motifs is 2. The summed E-state index contributed by atoms with van der Waals surface area (Å²) in [6, 6.07) is 5.71. The summed E-state index contributed by atoms with van der Waals surface area (Å²) in [6.45, 7) is 2.30.